The van der Waals surface area contributed by atoms with Crippen molar-refractivity contribution in [3.63, 3.8) is 0 Å². The predicted molar refractivity (Wildman–Crippen MR) is 66.2 cm³/mol. The lowest BCUT2D eigenvalue weighted by Crippen LogP contribution is -2.32. The summed E-state index contributed by atoms with van der Waals surface area (Å²) in [6.45, 7) is 5.42. The Balaban J connectivity index is 2.76. The molecule has 0 radical (unpaired) electrons. The average Bonchev–Trinajstić information content (AvgIpc) is 2.25. The van der Waals surface area contributed by atoms with Gasteiger partial charge < -0.3 is 15.7 Å². The third-order valence-electron chi connectivity index (χ3n) is 2.38. The number of aliphatic carboxylic acids is 1. The van der Waals surface area contributed by atoms with E-state index in [2.05, 4.69) is 20.6 Å². The van der Waals surface area contributed by atoms with Crippen molar-refractivity contribution < 1.29 is 9.90 Å². The van der Waals surface area contributed by atoms with Gasteiger partial charge in [-0.3, -0.25) is 4.79 Å². The molecule has 0 saturated carbocycles. The van der Waals surface area contributed by atoms with Crippen LogP contribution in [-0.4, -0.2) is 34.6 Å². The molecule has 0 unspecified atom stereocenters. The van der Waals surface area contributed by atoms with Gasteiger partial charge in [-0.25, -0.2) is 9.97 Å². The number of hydrogen-bond donors (Lipinski definition) is 3. The van der Waals surface area contributed by atoms with Crippen LogP contribution in [0.3, 0.4) is 0 Å². The van der Waals surface area contributed by atoms with Gasteiger partial charge in [0, 0.05) is 19.7 Å². The van der Waals surface area contributed by atoms with Gasteiger partial charge in [0.1, 0.15) is 17.5 Å². The standard InChI is InChI=1S/C11H18N4O2/c1-7-14-8(12-4)5-9(15-7)13-6-11(2,3)10(16)17/h5H,6H2,1-4H3,(H,16,17)(H2,12,13,14,15). The Morgan fingerprint density at radius 1 is 1.41 bits per heavy atom. The highest BCUT2D eigenvalue weighted by Crippen LogP contribution is 2.17. The number of anilines is 2. The molecule has 1 aromatic rings. The molecule has 17 heavy (non-hydrogen) atoms. The van der Waals surface area contributed by atoms with Crippen LogP contribution in [0, 0.1) is 12.3 Å². The summed E-state index contributed by atoms with van der Waals surface area (Å²) < 4.78 is 0. The van der Waals surface area contributed by atoms with Crippen molar-refractivity contribution in [1.82, 2.24) is 9.97 Å². The maximum absolute atomic E-state index is 10.9. The van der Waals surface area contributed by atoms with E-state index in [1.807, 2.05) is 0 Å². The Hall–Kier alpha value is -1.85. The first-order valence-corrected chi connectivity index (χ1v) is 5.36. The van der Waals surface area contributed by atoms with Crippen molar-refractivity contribution in [2.45, 2.75) is 20.8 Å². The molecular formula is C11H18N4O2. The molecule has 0 bridgehead atoms. The molecule has 1 rings (SSSR count). The first-order chi connectivity index (χ1) is 7.85. The van der Waals surface area contributed by atoms with Crippen molar-refractivity contribution in [2.24, 2.45) is 5.41 Å². The third kappa shape index (κ3) is 3.58. The minimum atomic E-state index is -0.843. The summed E-state index contributed by atoms with van der Waals surface area (Å²) in [5.74, 6) is 1.11. The Labute approximate surface area is 100 Å². The zero-order valence-corrected chi connectivity index (χ0v) is 10.5. The fraction of sp³-hybridized carbons (Fsp3) is 0.545. The lowest BCUT2D eigenvalue weighted by molar-refractivity contribution is -0.146. The number of hydrogen-bond acceptors (Lipinski definition) is 5. The SMILES string of the molecule is CNc1cc(NCC(C)(C)C(=O)O)nc(C)n1. The Kier molecular flexibility index (Phi) is 3.88. The van der Waals surface area contributed by atoms with Crippen LogP contribution in [0.1, 0.15) is 19.7 Å². The molecule has 6 nitrogen and oxygen atoms in total. The molecule has 1 aromatic heterocycles. The molecule has 0 spiro atoms. The minimum Gasteiger partial charge on any atom is -0.481 e. The van der Waals surface area contributed by atoms with Crippen molar-refractivity contribution in [3.05, 3.63) is 11.9 Å². The molecule has 0 aliphatic carbocycles. The van der Waals surface area contributed by atoms with Crippen molar-refractivity contribution in [2.75, 3.05) is 24.2 Å². The van der Waals surface area contributed by atoms with Crippen LogP contribution in [0.25, 0.3) is 0 Å². The average molecular weight is 238 g/mol. The quantitative estimate of drug-likeness (QED) is 0.717. The second-order valence-corrected chi connectivity index (χ2v) is 4.48. The summed E-state index contributed by atoms with van der Waals surface area (Å²) in [4.78, 5) is 19.3. The van der Waals surface area contributed by atoms with Crippen LogP contribution in [0.2, 0.25) is 0 Å². The Morgan fingerprint density at radius 2 is 2.00 bits per heavy atom. The summed E-state index contributed by atoms with van der Waals surface area (Å²) in [6, 6.07) is 1.74. The molecule has 0 aliphatic heterocycles. The first-order valence-electron chi connectivity index (χ1n) is 5.36. The van der Waals surface area contributed by atoms with E-state index in [1.54, 1.807) is 33.9 Å². The van der Waals surface area contributed by atoms with Crippen LogP contribution in [-0.2, 0) is 4.79 Å². The molecule has 3 N–H and O–H groups in total. The van der Waals surface area contributed by atoms with Crippen LogP contribution < -0.4 is 10.6 Å². The lowest BCUT2D eigenvalue weighted by atomic mass is 9.94. The van der Waals surface area contributed by atoms with E-state index in [9.17, 15) is 4.79 Å². The van der Waals surface area contributed by atoms with Crippen LogP contribution in [0.4, 0.5) is 11.6 Å². The zero-order valence-electron chi connectivity index (χ0n) is 10.5. The van der Waals surface area contributed by atoms with E-state index in [1.165, 1.54) is 0 Å². The molecule has 1 heterocycles. The second kappa shape index (κ2) is 4.99. The number of rotatable bonds is 5. The summed E-state index contributed by atoms with van der Waals surface area (Å²) >= 11 is 0. The molecule has 0 aliphatic rings. The van der Waals surface area contributed by atoms with Gasteiger partial charge in [-0.05, 0) is 20.8 Å². The van der Waals surface area contributed by atoms with Crippen molar-refractivity contribution >= 4 is 17.6 Å². The van der Waals surface area contributed by atoms with Crippen LogP contribution in [0.5, 0.6) is 0 Å². The van der Waals surface area contributed by atoms with Gasteiger partial charge in [0.05, 0.1) is 5.41 Å². The smallest absolute Gasteiger partial charge is 0.310 e. The van der Waals surface area contributed by atoms with Crippen LogP contribution in [0.15, 0.2) is 6.07 Å². The molecule has 0 aromatic carbocycles. The van der Waals surface area contributed by atoms with E-state index in [4.69, 9.17) is 5.11 Å². The van der Waals surface area contributed by atoms with E-state index < -0.39 is 11.4 Å². The number of aromatic nitrogens is 2. The molecule has 0 atom stereocenters. The van der Waals surface area contributed by atoms with Crippen LogP contribution >= 0.6 is 0 Å². The molecule has 0 amide bonds. The van der Waals surface area contributed by atoms with Gasteiger partial charge in [-0.15, -0.1) is 0 Å². The van der Waals surface area contributed by atoms with E-state index >= 15 is 0 Å². The number of aryl methyl sites for hydroxylation is 1. The summed E-state index contributed by atoms with van der Waals surface area (Å²) in [5, 5.41) is 14.9. The number of carboxylic acid groups (broad SMARTS) is 1. The topological polar surface area (TPSA) is 87.1 Å². The minimum absolute atomic E-state index is 0.307. The van der Waals surface area contributed by atoms with Gasteiger partial charge >= 0.3 is 5.97 Å². The maximum Gasteiger partial charge on any atom is 0.310 e. The zero-order chi connectivity index (χ0) is 13.1. The number of carboxylic acids is 1. The van der Waals surface area contributed by atoms with Gasteiger partial charge in [0.15, 0.2) is 0 Å². The monoisotopic (exact) mass is 238 g/mol. The molecule has 0 fully saturated rings. The third-order valence-corrected chi connectivity index (χ3v) is 2.38. The van der Waals surface area contributed by atoms with E-state index in [-0.39, 0.29) is 0 Å². The van der Waals surface area contributed by atoms with Gasteiger partial charge in [-0.1, -0.05) is 0 Å². The highest BCUT2D eigenvalue weighted by molar-refractivity contribution is 5.74. The highest BCUT2D eigenvalue weighted by Gasteiger charge is 2.26. The highest BCUT2D eigenvalue weighted by atomic mass is 16.4. The molecule has 0 saturated heterocycles. The predicted octanol–water partition coefficient (Wildman–Crippen LogP) is 1.35. The largest absolute Gasteiger partial charge is 0.481 e. The normalized spacial score (nSPS) is 11.1. The molecule has 6 heteroatoms. The van der Waals surface area contributed by atoms with Gasteiger partial charge in [-0.2, -0.15) is 0 Å². The van der Waals surface area contributed by atoms with Gasteiger partial charge in [0.2, 0.25) is 0 Å². The summed E-state index contributed by atoms with van der Waals surface area (Å²) in [6.07, 6.45) is 0. The second-order valence-electron chi connectivity index (χ2n) is 4.48. The molecule has 94 valence electrons. The number of carbonyl (C=O) groups is 1. The fourth-order valence-corrected chi connectivity index (χ4v) is 1.17. The Bertz CT molecular complexity index is 418. The maximum atomic E-state index is 10.9. The summed E-state index contributed by atoms with van der Waals surface area (Å²) in [5.41, 5.74) is -0.835. The lowest BCUT2D eigenvalue weighted by Gasteiger charge is -2.20. The number of nitrogens with zero attached hydrogens (tertiary/aromatic N) is 2. The van der Waals surface area contributed by atoms with Crippen molar-refractivity contribution in [3.8, 4) is 0 Å². The first kappa shape index (κ1) is 13.2. The fourth-order valence-electron chi connectivity index (χ4n) is 1.17. The van der Waals surface area contributed by atoms with Gasteiger partial charge in [0.25, 0.3) is 0 Å². The van der Waals surface area contributed by atoms with E-state index in [0.717, 1.165) is 0 Å². The van der Waals surface area contributed by atoms with Crippen molar-refractivity contribution in [1.29, 1.82) is 0 Å². The Morgan fingerprint density at radius 3 is 2.53 bits per heavy atom. The van der Waals surface area contributed by atoms with E-state index in [0.29, 0.717) is 24.0 Å². The number of nitrogens with one attached hydrogen (secondary N) is 2. The summed E-state index contributed by atoms with van der Waals surface area (Å²) in [7, 11) is 1.77. The molecular weight excluding hydrogens is 220 g/mol.